The smallest absolute Gasteiger partial charge is 0.232 e. The zero-order valence-electron chi connectivity index (χ0n) is 12.5. The van der Waals surface area contributed by atoms with Crippen LogP contribution in [0.5, 0.6) is 5.88 Å². The Hall–Kier alpha value is -1.60. The van der Waals surface area contributed by atoms with Gasteiger partial charge in [0, 0.05) is 11.7 Å². The highest BCUT2D eigenvalue weighted by molar-refractivity contribution is 5.43. The van der Waals surface area contributed by atoms with Crippen LogP contribution < -0.4 is 10.5 Å². The number of ether oxygens (including phenoxy) is 1. The number of nitriles is 1. The molecule has 1 aromatic heterocycles. The van der Waals surface area contributed by atoms with Gasteiger partial charge < -0.3 is 10.5 Å². The molecule has 2 aliphatic rings. The van der Waals surface area contributed by atoms with E-state index < -0.39 is 0 Å². The molecule has 1 aromatic rings. The van der Waals surface area contributed by atoms with Crippen LogP contribution in [0.1, 0.15) is 61.8 Å². The number of hydrogen-bond donors (Lipinski definition) is 1. The van der Waals surface area contributed by atoms with Crippen LogP contribution in [0.4, 0.5) is 0 Å². The lowest BCUT2D eigenvalue weighted by atomic mass is 9.95. The molecule has 4 nitrogen and oxygen atoms in total. The molecule has 0 aliphatic heterocycles. The van der Waals surface area contributed by atoms with E-state index in [1.807, 2.05) is 6.07 Å². The van der Waals surface area contributed by atoms with Gasteiger partial charge in [-0.1, -0.05) is 12.8 Å². The maximum absolute atomic E-state index is 9.37. The molecule has 0 amide bonds. The Kier molecular flexibility index (Phi) is 4.40. The van der Waals surface area contributed by atoms with Crippen LogP contribution in [0.2, 0.25) is 0 Å². The van der Waals surface area contributed by atoms with Gasteiger partial charge in [-0.3, -0.25) is 0 Å². The van der Waals surface area contributed by atoms with Crippen molar-refractivity contribution in [2.75, 3.05) is 0 Å². The van der Waals surface area contributed by atoms with Crippen molar-refractivity contribution in [3.63, 3.8) is 0 Å². The highest BCUT2D eigenvalue weighted by Crippen LogP contribution is 2.28. The van der Waals surface area contributed by atoms with E-state index in [-0.39, 0.29) is 12.1 Å². The second-order valence-corrected chi connectivity index (χ2v) is 6.22. The van der Waals surface area contributed by atoms with Gasteiger partial charge in [0.05, 0.1) is 0 Å². The van der Waals surface area contributed by atoms with Gasteiger partial charge in [-0.05, 0) is 56.6 Å². The fourth-order valence-electron chi connectivity index (χ4n) is 3.38. The fourth-order valence-corrected chi connectivity index (χ4v) is 3.38. The Morgan fingerprint density at radius 3 is 2.81 bits per heavy atom. The van der Waals surface area contributed by atoms with Crippen molar-refractivity contribution in [3.05, 3.63) is 22.9 Å². The second kappa shape index (κ2) is 6.44. The number of rotatable bonds is 2. The van der Waals surface area contributed by atoms with E-state index in [0.29, 0.717) is 11.4 Å². The minimum absolute atomic E-state index is 0.00580. The van der Waals surface area contributed by atoms with Gasteiger partial charge in [0.1, 0.15) is 17.7 Å². The molecule has 2 N–H and O–H groups in total. The molecule has 1 saturated carbocycles. The molecule has 0 radical (unpaired) electrons. The maximum atomic E-state index is 9.37. The van der Waals surface area contributed by atoms with Crippen molar-refractivity contribution >= 4 is 0 Å². The molecule has 0 bridgehead atoms. The average Bonchev–Trinajstić information content (AvgIpc) is 2.71. The molecular formula is C17H23N3O. The predicted molar refractivity (Wildman–Crippen MR) is 81.1 cm³/mol. The van der Waals surface area contributed by atoms with Crippen LogP contribution in [0.3, 0.4) is 0 Å². The molecule has 3 rings (SSSR count). The van der Waals surface area contributed by atoms with Crippen LogP contribution in [0, 0.1) is 11.3 Å². The highest BCUT2D eigenvalue weighted by atomic mass is 16.5. The number of pyridine rings is 1. The van der Waals surface area contributed by atoms with E-state index >= 15 is 0 Å². The standard InChI is InChI=1S/C17H23N3O/c18-11-13-10-12-6-4-5-8-15(12)20-17(13)21-16-9-3-1-2-7-14(16)19/h10,14,16H,1-9,19H2. The lowest BCUT2D eigenvalue weighted by Gasteiger charge is -2.24. The van der Waals surface area contributed by atoms with Crippen LogP contribution >= 0.6 is 0 Å². The SMILES string of the molecule is N#Cc1cc2c(nc1OC1CCCCCC1N)CCCC2. The normalized spacial score (nSPS) is 25.5. The van der Waals surface area contributed by atoms with Crippen molar-refractivity contribution in [1.29, 1.82) is 5.26 Å². The molecule has 21 heavy (non-hydrogen) atoms. The third-order valence-corrected chi connectivity index (χ3v) is 4.65. The van der Waals surface area contributed by atoms with Gasteiger partial charge in [-0.15, -0.1) is 0 Å². The van der Waals surface area contributed by atoms with E-state index in [1.165, 1.54) is 31.2 Å². The highest BCUT2D eigenvalue weighted by Gasteiger charge is 2.24. The van der Waals surface area contributed by atoms with Gasteiger partial charge in [-0.2, -0.15) is 5.26 Å². The van der Waals surface area contributed by atoms with Crippen molar-refractivity contribution < 1.29 is 4.74 Å². The fraction of sp³-hybridized carbons (Fsp3) is 0.647. The summed E-state index contributed by atoms with van der Waals surface area (Å²) in [6.45, 7) is 0. The first-order valence-electron chi connectivity index (χ1n) is 8.13. The number of fused-ring (bicyclic) bond motifs is 1. The van der Waals surface area contributed by atoms with E-state index in [2.05, 4.69) is 11.1 Å². The topological polar surface area (TPSA) is 71.9 Å². The molecule has 1 fully saturated rings. The number of aryl methyl sites for hydroxylation is 2. The van der Waals surface area contributed by atoms with Crippen LogP contribution in [-0.2, 0) is 12.8 Å². The minimum atomic E-state index is -0.00580. The minimum Gasteiger partial charge on any atom is -0.472 e. The summed E-state index contributed by atoms with van der Waals surface area (Å²) in [5.41, 5.74) is 9.11. The largest absolute Gasteiger partial charge is 0.472 e. The molecule has 2 atom stereocenters. The van der Waals surface area contributed by atoms with Crippen molar-refractivity contribution in [2.24, 2.45) is 5.73 Å². The molecule has 2 unspecified atom stereocenters. The summed E-state index contributed by atoms with van der Waals surface area (Å²) in [5, 5.41) is 9.37. The monoisotopic (exact) mass is 285 g/mol. The third kappa shape index (κ3) is 3.19. The maximum Gasteiger partial charge on any atom is 0.232 e. The van der Waals surface area contributed by atoms with Crippen molar-refractivity contribution in [1.82, 2.24) is 4.98 Å². The summed E-state index contributed by atoms with van der Waals surface area (Å²) in [7, 11) is 0. The third-order valence-electron chi connectivity index (χ3n) is 4.65. The van der Waals surface area contributed by atoms with E-state index in [4.69, 9.17) is 10.5 Å². The van der Waals surface area contributed by atoms with Crippen molar-refractivity contribution in [2.45, 2.75) is 69.9 Å². The first-order valence-corrected chi connectivity index (χ1v) is 8.13. The second-order valence-electron chi connectivity index (χ2n) is 6.22. The summed E-state index contributed by atoms with van der Waals surface area (Å²) < 4.78 is 6.08. The zero-order valence-corrected chi connectivity index (χ0v) is 12.5. The van der Waals surface area contributed by atoms with Crippen LogP contribution in [0.25, 0.3) is 0 Å². The Balaban J connectivity index is 1.85. The molecule has 4 heteroatoms. The summed E-state index contributed by atoms with van der Waals surface area (Å²) >= 11 is 0. The molecular weight excluding hydrogens is 262 g/mol. The molecule has 2 aliphatic carbocycles. The Bertz CT molecular complexity index is 550. The van der Waals surface area contributed by atoms with Crippen LogP contribution in [-0.4, -0.2) is 17.1 Å². The molecule has 0 spiro atoms. The first kappa shape index (κ1) is 14.3. The van der Waals surface area contributed by atoms with Gasteiger partial charge in [0.2, 0.25) is 5.88 Å². The Morgan fingerprint density at radius 2 is 1.95 bits per heavy atom. The van der Waals surface area contributed by atoms with E-state index in [0.717, 1.165) is 37.8 Å². The van der Waals surface area contributed by atoms with E-state index in [1.54, 1.807) is 0 Å². The summed E-state index contributed by atoms with van der Waals surface area (Å²) in [6.07, 6.45) is 9.87. The number of aromatic nitrogens is 1. The first-order chi connectivity index (χ1) is 10.3. The molecule has 0 saturated heterocycles. The molecule has 1 heterocycles. The number of nitrogens with zero attached hydrogens (tertiary/aromatic N) is 2. The summed E-state index contributed by atoms with van der Waals surface area (Å²) in [5.74, 6) is 0.500. The lowest BCUT2D eigenvalue weighted by Crippen LogP contribution is -2.38. The van der Waals surface area contributed by atoms with Gasteiger partial charge >= 0.3 is 0 Å². The molecule has 0 aromatic carbocycles. The Labute approximate surface area is 126 Å². The van der Waals surface area contributed by atoms with Crippen LogP contribution in [0.15, 0.2) is 6.07 Å². The molecule has 112 valence electrons. The van der Waals surface area contributed by atoms with E-state index in [9.17, 15) is 5.26 Å². The Morgan fingerprint density at radius 1 is 1.14 bits per heavy atom. The number of nitrogens with two attached hydrogens (primary N) is 1. The predicted octanol–water partition coefficient (Wildman–Crippen LogP) is 2.87. The zero-order chi connectivity index (χ0) is 14.7. The van der Waals surface area contributed by atoms with Crippen molar-refractivity contribution in [3.8, 4) is 11.9 Å². The quantitative estimate of drug-likeness (QED) is 0.848. The number of hydrogen-bond acceptors (Lipinski definition) is 4. The van der Waals surface area contributed by atoms with Gasteiger partial charge in [-0.25, -0.2) is 4.98 Å². The van der Waals surface area contributed by atoms with Gasteiger partial charge in [0.15, 0.2) is 0 Å². The average molecular weight is 285 g/mol. The lowest BCUT2D eigenvalue weighted by molar-refractivity contribution is 0.155. The summed E-state index contributed by atoms with van der Waals surface area (Å²) in [4.78, 5) is 4.64. The van der Waals surface area contributed by atoms with Gasteiger partial charge in [0.25, 0.3) is 0 Å². The summed E-state index contributed by atoms with van der Waals surface area (Å²) in [6, 6.07) is 4.26.